The minimum Gasteiger partial charge on any atom is -0.497 e. The van der Waals surface area contributed by atoms with E-state index in [2.05, 4.69) is 5.32 Å². The van der Waals surface area contributed by atoms with E-state index in [1.807, 2.05) is 13.0 Å². The van der Waals surface area contributed by atoms with Crippen LogP contribution in [0.15, 0.2) is 59.5 Å². The highest BCUT2D eigenvalue weighted by molar-refractivity contribution is 7.91. The molecule has 0 saturated carbocycles. The lowest BCUT2D eigenvalue weighted by molar-refractivity contribution is -0.146. The van der Waals surface area contributed by atoms with Crippen LogP contribution < -0.4 is 10.1 Å². The van der Waals surface area contributed by atoms with E-state index in [0.29, 0.717) is 12.2 Å². The van der Waals surface area contributed by atoms with E-state index < -0.39 is 33.7 Å². The van der Waals surface area contributed by atoms with Crippen LogP contribution in [0, 0.1) is 0 Å². The number of benzene rings is 2. The molecule has 1 N–H and O–H groups in total. The standard InChI is InChI=1S/C22H27NO7S/c1-3-4-14-29-22(25)23-20(21(24)30-15-17-8-6-5-7-9-17)16-31(26,27)19-12-10-18(28-2)11-13-19/h5-13,20H,3-4,14-16H2,1-2H3,(H,23,25). The van der Waals surface area contributed by atoms with Gasteiger partial charge in [0.1, 0.15) is 18.4 Å². The third-order valence-electron chi connectivity index (χ3n) is 4.34. The molecule has 0 spiro atoms. The second-order valence-electron chi connectivity index (χ2n) is 6.74. The molecule has 9 heteroatoms. The first-order valence-electron chi connectivity index (χ1n) is 9.86. The maximum absolute atomic E-state index is 12.8. The second kappa shape index (κ2) is 11.9. The summed E-state index contributed by atoms with van der Waals surface area (Å²) in [5, 5.41) is 2.32. The summed E-state index contributed by atoms with van der Waals surface area (Å²) in [4.78, 5) is 24.7. The predicted molar refractivity (Wildman–Crippen MR) is 114 cm³/mol. The Morgan fingerprint density at radius 2 is 1.68 bits per heavy atom. The molecule has 31 heavy (non-hydrogen) atoms. The molecule has 2 aromatic carbocycles. The molecule has 0 saturated heterocycles. The Bertz CT molecular complexity index is 944. The van der Waals surface area contributed by atoms with Crippen LogP contribution in [0.3, 0.4) is 0 Å². The Morgan fingerprint density at radius 1 is 1.00 bits per heavy atom. The number of amides is 1. The Balaban J connectivity index is 2.12. The first kappa shape index (κ1) is 24.2. The Kier molecular flexibility index (Phi) is 9.33. The molecular weight excluding hydrogens is 422 g/mol. The number of carbonyl (C=O) groups excluding carboxylic acids is 2. The first-order chi connectivity index (χ1) is 14.9. The number of alkyl carbamates (subject to hydrolysis) is 1. The van der Waals surface area contributed by atoms with Gasteiger partial charge in [0.25, 0.3) is 0 Å². The summed E-state index contributed by atoms with van der Waals surface area (Å²) in [6.45, 7) is 2.05. The van der Waals surface area contributed by atoms with E-state index in [1.165, 1.54) is 31.4 Å². The molecular formula is C22H27NO7S. The van der Waals surface area contributed by atoms with Crippen molar-refractivity contribution in [2.75, 3.05) is 19.5 Å². The topological polar surface area (TPSA) is 108 Å². The van der Waals surface area contributed by atoms with Crippen molar-refractivity contribution < 1.29 is 32.2 Å². The molecule has 0 aliphatic heterocycles. The van der Waals surface area contributed by atoms with Crippen molar-refractivity contribution in [3.63, 3.8) is 0 Å². The summed E-state index contributed by atoms with van der Waals surface area (Å²) in [6, 6.07) is 13.3. The smallest absolute Gasteiger partial charge is 0.407 e. The lowest BCUT2D eigenvalue weighted by Crippen LogP contribution is -2.46. The quantitative estimate of drug-likeness (QED) is 0.415. The second-order valence-corrected chi connectivity index (χ2v) is 8.77. The number of methoxy groups -OCH3 is 1. The fourth-order valence-corrected chi connectivity index (χ4v) is 3.99. The zero-order valence-corrected chi connectivity index (χ0v) is 18.4. The van der Waals surface area contributed by atoms with Gasteiger partial charge in [0, 0.05) is 0 Å². The summed E-state index contributed by atoms with van der Waals surface area (Å²) in [7, 11) is -2.44. The van der Waals surface area contributed by atoms with Crippen LogP contribution in [0.4, 0.5) is 4.79 Å². The number of hydrogen-bond donors (Lipinski definition) is 1. The molecule has 168 valence electrons. The van der Waals surface area contributed by atoms with Crippen molar-refractivity contribution in [3.8, 4) is 5.75 Å². The van der Waals surface area contributed by atoms with Gasteiger partial charge in [0.2, 0.25) is 0 Å². The van der Waals surface area contributed by atoms with E-state index in [0.717, 1.165) is 12.0 Å². The number of carbonyl (C=O) groups is 2. The largest absolute Gasteiger partial charge is 0.497 e. The molecule has 0 aromatic heterocycles. The minimum absolute atomic E-state index is 0.00434. The van der Waals surface area contributed by atoms with E-state index in [-0.39, 0.29) is 18.1 Å². The zero-order chi connectivity index (χ0) is 22.7. The van der Waals surface area contributed by atoms with E-state index in [9.17, 15) is 18.0 Å². The van der Waals surface area contributed by atoms with E-state index in [1.54, 1.807) is 24.3 Å². The van der Waals surface area contributed by atoms with Crippen molar-refractivity contribution in [2.45, 2.75) is 37.3 Å². The fourth-order valence-electron chi connectivity index (χ4n) is 2.59. The predicted octanol–water partition coefficient (Wildman–Crippen LogP) is 3.11. The highest BCUT2D eigenvalue weighted by atomic mass is 32.2. The normalized spacial score (nSPS) is 11.9. The number of hydrogen-bond acceptors (Lipinski definition) is 7. The highest BCUT2D eigenvalue weighted by Crippen LogP contribution is 2.18. The molecule has 0 aliphatic carbocycles. The minimum atomic E-state index is -3.91. The average Bonchev–Trinajstić information content (AvgIpc) is 2.77. The van der Waals surface area contributed by atoms with Crippen molar-refractivity contribution in [1.82, 2.24) is 5.32 Å². The van der Waals surface area contributed by atoms with Gasteiger partial charge in [-0.3, -0.25) is 0 Å². The van der Waals surface area contributed by atoms with Crippen LogP contribution in [-0.4, -0.2) is 46.0 Å². The van der Waals surface area contributed by atoms with Crippen LogP contribution in [0.1, 0.15) is 25.3 Å². The lowest BCUT2D eigenvalue weighted by atomic mass is 10.2. The molecule has 0 bridgehead atoms. The van der Waals surface area contributed by atoms with Gasteiger partial charge < -0.3 is 19.5 Å². The monoisotopic (exact) mass is 449 g/mol. The Morgan fingerprint density at radius 3 is 2.29 bits per heavy atom. The number of ether oxygens (including phenoxy) is 3. The molecule has 2 rings (SSSR count). The summed E-state index contributed by atoms with van der Waals surface area (Å²) in [5.41, 5.74) is 0.734. The average molecular weight is 450 g/mol. The van der Waals surface area contributed by atoms with Gasteiger partial charge in [0.15, 0.2) is 9.84 Å². The van der Waals surface area contributed by atoms with Gasteiger partial charge in [-0.05, 0) is 36.2 Å². The summed E-state index contributed by atoms with van der Waals surface area (Å²) in [5.74, 6) is -1.04. The number of nitrogens with one attached hydrogen (secondary N) is 1. The van der Waals surface area contributed by atoms with Crippen molar-refractivity contribution in [3.05, 3.63) is 60.2 Å². The van der Waals surface area contributed by atoms with Gasteiger partial charge in [-0.1, -0.05) is 43.7 Å². The van der Waals surface area contributed by atoms with Gasteiger partial charge in [0.05, 0.1) is 24.4 Å². The highest BCUT2D eigenvalue weighted by Gasteiger charge is 2.30. The van der Waals surface area contributed by atoms with Gasteiger partial charge in [-0.15, -0.1) is 0 Å². The number of unbranched alkanes of at least 4 members (excludes halogenated alkanes) is 1. The molecule has 0 aliphatic rings. The molecule has 2 aromatic rings. The summed E-state index contributed by atoms with van der Waals surface area (Å²) < 4.78 is 40.9. The van der Waals surface area contributed by atoms with Gasteiger partial charge in [-0.25, -0.2) is 18.0 Å². The third-order valence-corrected chi connectivity index (χ3v) is 6.10. The molecule has 8 nitrogen and oxygen atoms in total. The van der Waals surface area contributed by atoms with Crippen LogP contribution in [0.5, 0.6) is 5.75 Å². The van der Waals surface area contributed by atoms with Crippen LogP contribution in [-0.2, 0) is 30.7 Å². The molecule has 1 amide bonds. The van der Waals surface area contributed by atoms with Gasteiger partial charge in [-0.2, -0.15) is 0 Å². The van der Waals surface area contributed by atoms with Gasteiger partial charge >= 0.3 is 12.1 Å². The fraction of sp³-hybridized carbons (Fsp3) is 0.364. The SMILES string of the molecule is CCCCOC(=O)NC(CS(=O)(=O)c1ccc(OC)cc1)C(=O)OCc1ccccc1. The van der Waals surface area contributed by atoms with E-state index in [4.69, 9.17) is 14.2 Å². The summed E-state index contributed by atoms with van der Waals surface area (Å²) in [6.07, 6.45) is 0.600. The first-order valence-corrected chi connectivity index (χ1v) is 11.5. The molecule has 1 unspecified atom stereocenters. The zero-order valence-electron chi connectivity index (χ0n) is 17.6. The molecule has 0 radical (unpaired) electrons. The number of rotatable bonds is 11. The lowest BCUT2D eigenvalue weighted by Gasteiger charge is -2.18. The van der Waals surface area contributed by atoms with Crippen molar-refractivity contribution in [1.29, 1.82) is 0 Å². The molecule has 1 atom stereocenters. The number of sulfone groups is 1. The van der Waals surface area contributed by atoms with Crippen molar-refractivity contribution in [2.24, 2.45) is 0 Å². The molecule has 0 heterocycles. The number of esters is 1. The molecule has 0 fully saturated rings. The Hall–Kier alpha value is -3.07. The third kappa shape index (κ3) is 7.93. The summed E-state index contributed by atoms with van der Waals surface area (Å²) >= 11 is 0. The maximum Gasteiger partial charge on any atom is 0.407 e. The Labute approximate surface area is 182 Å². The van der Waals surface area contributed by atoms with Crippen molar-refractivity contribution >= 4 is 21.9 Å². The van der Waals surface area contributed by atoms with E-state index >= 15 is 0 Å². The maximum atomic E-state index is 12.8. The van der Waals surface area contributed by atoms with Crippen LogP contribution in [0.25, 0.3) is 0 Å². The van der Waals surface area contributed by atoms with Crippen LogP contribution in [0.2, 0.25) is 0 Å². The van der Waals surface area contributed by atoms with Crippen LogP contribution >= 0.6 is 0 Å².